The van der Waals surface area contributed by atoms with Crippen molar-refractivity contribution in [2.75, 3.05) is 17.1 Å². The maximum Gasteiger partial charge on any atom is 0.263 e. The topological polar surface area (TPSA) is 75.7 Å². The highest BCUT2D eigenvalue weighted by Gasteiger charge is 2.36. The summed E-state index contributed by atoms with van der Waals surface area (Å²) in [5, 5.41) is 3.44. The summed E-state index contributed by atoms with van der Waals surface area (Å²) in [6, 6.07) is 21.7. The summed E-state index contributed by atoms with van der Waals surface area (Å²) in [7, 11) is -3.65. The van der Waals surface area contributed by atoms with Crippen molar-refractivity contribution in [2.24, 2.45) is 0 Å². The molecule has 1 aliphatic heterocycles. The van der Waals surface area contributed by atoms with E-state index in [1.54, 1.807) is 12.1 Å². The van der Waals surface area contributed by atoms with E-state index in [0.717, 1.165) is 27.3 Å². The first-order valence-corrected chi connectivity index (χ1v) is 12.3. The Morgan fingerprint density at radius 2 is 1.78 bits per heavy atom. The van der Waals surface area contributed by atoms with Gasteiger partial charge in [-0.2, -0.15) is 0 Å². The Morgan fingerprint density at radius 1 is 1.09 bits per heavy atom. The van der Waals surface area contributed by atoms with Gasteiger partial charge in [-0.05, 0) is 41.8 Å². The molecule has 0 aliphatic carbocycles. The van der Waals surface area contributed by atoms with E-state index in [-0.39, 0.29) is 6.54 Å². The summed E-state index contributed by atoms with van der Waals surface area (Å²) in [6.07, 6.45) is 0.0755. The number of hydrogen-bond donors (Lipinski definition) is 1. The molecule has 0 unspecified atom stereocenters. The van der Waals surface area contributed by atoms with Crippen LogP contribution in [0.1, 0.15) is 22.7 Å². The van der Waals surface area contributed by atoms with Gasteiger partial charge in [-0.15, -0.1) is 0 Å². The van der Waals surface area contributed by atoms with Crippen molar-refractivity contribution in [1.29, 1.82) is 0 Å². The predicted octanol–water partition coefficient (Wildman–Crippen LogP) is 4.08. The zero-order valence-electron chi connectivity index (χ0n) is 17.7. The summed E-state index contributed by atoms with van der Waals surface area (Å²) in [5.74, 6) is -0.116. The number of carbonyl (C=O) groups is 1. The molecule has 3 aromatic carbocycles. The zero-order chi connectivity index (χ0) is 22.9. The van der Waals surface area contributed by atoms with Crippen molar-refractivity contribution in [1.82, 2.24) is 5.32 Å². The number of fused-ring (bicyclic) bond motifs is 1. The van der Waals surface area contributed by atoms with Crippen LogP contribution in [-0.2, 0) is 14.8 Å². The number of nitrogens with zero attached hydrogens (tertiary/aromatic N) is 1. The van der Waals surface area contributed by atoms with Crippen LogP contribution in [0.2, 0.25) is 5.02 Å². The van der Waals surface area contributed by atoms with Crippen LogP contribution in [0.5, 0.6) is 5.75 Å². The Labute approximate surface area is 192 Å². The number of ether oxygens (including phenoxy) is 1. The molecule has 0 spiro atoms. The van der Waals surface area contributed by atoms with E-state index in [1.165, 1.54) is 6.07 Å². The van der Waals surface area contributed by atoms with Crippen LogP contribution in [0.25, 0.3) is 0 Å². The van der Waals surface area contributed by atoms with Crippen molar-refractivity contribution in [2.45, 2.75) is 19.1 Å². The Kier molecular flexibility index (Phi) is 6.13. The van der Waals surface area contributed by atoms with Crippen LogP contribution in [-0.4, -0.2) is 33.2 Å². The monoisotopic (exact) mass is 470 g/mol. The molecule has 0 bridgehead atoms. The fraction of sp³-hybridized carbons (Fsp3) is 0.208. The number of rotatable bonds is 5. The van der Waals surface area contributed by atoms with E-state index in [1.807, 2.05) is 61.5 Å². The molecule has 0 saturated heterocycles. The second-order valence-corrected chi connectivity index (χ2v) is 10.1. The Morgan fingerprint density at radius 3 is 2.47 bits per heavy atom. The van der Waals surface area contributed by atoms with Gasteiger partial charge >= 0.3 is 0 Å². The lowest BCUT2D eigenvalue weighted by Crippen LogP contribution is -2.51. The number of aryl methyl sites for hydroxylation is 1. The Bertz CT molecular complexity index is 1250. The minimum Gasteiger partial charge on any atom is -0.476 e. The van der Waals surface area contributed by atoms with Gasteiger partial charge in [0.1, 0.15) is 5.75 Å². The molecular formula is C24H23ClN2O4S. The molecule has 0 saturated carbocycles. The van der Waals surface area contributed by atoms with Crippen LogP contribution < -0.4 is 14.4 Å². The first-order chi connectivity index (χ1) is 15.2. The lowest BCUT2D eigenvalue weighted by Gasteiger charge is -2.35. The van der Waals surface area contributed by atoms with Crippen LogP contribution in [0, 0.1) is 6.92 Å². The van der Waals surface area contributed by atoms with Crippen molar-refractivity contribution in [3.05, 3.63) is 94.5 Å². The molecule has 2 atom stereocenters. The van der Waals surface area contributed by atoms with E-state index < -0.39 is 28.1 Å². The number of amides is 1. The average molecular weight is 471 g/mol. The van der Waals surface area contributed by atoms with E-state index in [9.17, 15) is 13.2 Å². The van der Waals surface area contributed by atoms with E-state index in [0.29, 0.717) is 16.5 Å². The molecule has 1 heterocycles. The van der Waals surface area contributed by atoms with Gasteiger partial charge in [0, 0.05) is 5.02 Å². The number of carbonyl (C=O) groups excluding carboxylic acids is 1. The van der Waals surface area contributed by atoms with Gasteiger partial charge in [0.15, 0.2) is 6.10 Å². The minimum atomic E-state index is -3.65. The van der Waals surface area contributed by atoms with Crippen LogP contribution in [0.3, 0.4) is 0 Å². The van der Waals surface area contributed by atoms with Gasteiger partial charge in [0.25, 0.3) is 5.91 Å². The molecule has 1 N–H and O–H groups in total. The smallest absolute Gasteiger partial charge is 0.263 e. The summed E-state index contributed by atoms with van der Waals surface area (Å²) in [5.41, 5.74) is 3.22. The lowest BCUT2D eigenvalue weighted by molar-refractivity contribution is -0.128. The predicted molar refractivity (Wildman–Crippen MR) is 126 cm³/mol. The second-order valence-electron chi connectivity index (χ2n) is 7.72. The molecule has 166 valence electrons. The molecule has 3 aromatic rings. The van der Waals surface area contributed by atoms with Crippen LogP contribution >= 0.6 is 11.6 Å². The normalized spacial score (nSPS) is 16.6. The fourth-order valence-electron chi connectivity index (χ4n) is 3.81. The molecule has 4 rings (SSSR count). The molecule has 8 heteroatoms. The molecule has 0 aromatic heterocycles. The van der Waals surface area contributed by atoms with E-state index >= 15 is 0 Å². The second kappa shape index (κ2) is 8.84. The van der Waals surface area contributed by atoms with Gasteiger partial charge in [0.05, 0.1) is 24.5 Å². The highest BCUT2D eigenvalue weighted by Crippen LogP contribution is 2.37. The molecule has 0 fully saturated rings. The summed E-state index contributed by atoms with van der Waals surface area (Å²) in [6.45, 7) is 1.84. The van der Waals surface area contributed by atoms with Crippen LogP contribution in [0.4, 0.5) is 5.69 Å². The quantitative estimate of drug-likeness (QED) is 0.609. The van der Waals surface area contributed by atoms with Crippen molar-refractivity contribution >= 4 is 33.2 Å². The summed E-state index contributed by atoms with van der Waals surface area (Å²) >= 11 is 6.05. The number of halogens is 1. The van der Waals surface area contributed by atoms with Gasteiger partial charge in [-0.1, -0.05) is 66.2 Å². The summed E-state index contributed by atoms with van der Waals surface area (Å²) < 4.78 is 31.9. The maximum absolute atomic E-state index is 13.3. The molecule has 1 amide bonds. The summed E-state index contributed by atoms with van der Waals surface area (Å²) in [4.78, 5) is 13.3. The first kappa shape index (κ1) is 22.2. The van der Waals surface area contributed by atoms with Gasteiger partial charge in [0.2, 0.25) is 10.0 Å². The molecule has 0 radical (unpaired) electrons. The molecule has 32 heavy (non-hydrogen) atoms. The molecular weight excluding hydrogens is 448 g/mol. The standard InChI is InChI=1S/C24H23ClN2O4S/c1-16-8-6-7-11-19(16)23(17-9-4-3-5-10-17)26-24(28)22-15-27(32(2,29)30)20-14-18(25)12-13-21(20)31-22/h3-14,22-23H,15H2,1-2H3,(H,26,28)/t22-,23+/m0/s1. The first-order valence-electron chi connectivity index (χ1n) is 10.1. The molecule has 6 nitrogen and oxygen atoms in total. The van der Waals surface area contributed by atoms with Gasteiger partial charge < -0.3 is 10.1 Å². The lowest BCUT2D eigenvalue weighted by atomic mass is 9.94. The number of nitrogens with one attached hydrogen (secondary N) is 1. The van der Waals surface area contributed by atoms with Crippen LogP contribution in [0.15, 0.2) is 72.8 Å². The van der Waals surface area contributed by atoms with Crippen molar-refractivity contribution < 1.29 is 17.9 Å². The Balaban J connectivity index is 1.67. The van der Waals surface area contributed by atoms with Gasteiger partial charge in [-0.25, -0.2) is 8.42 Å². The number of anilines is 1. The largest absolute Gasteiger partial charge is 0.476 e. The van der Waals surface area contributed by atoms with Crippen molar-refractivity contribution in [3.63, 3.8) is 0 Å². The SMILES string of the molecule is Cc1ccccc1[C@H](NC(=O)[C@@H]1CN(S(C)(=O)=O)c2cc(Cl)ccc2O1)c1ccccc1. The van der Waals surface area contributed by atoms with Gasteiger partial charge in [-0.3, -0.25) is 9.10 Å². The number of sulfonamides is 1. The van der Waals surface area contributed by atoms with E-state index in [2.05, 4.69) is 5.32 Å². The number of hydrogen-bond acceptors (Lipinski definition) is 4. The third-order valence-corrected chi connectivity index (χ3v) is 6.78. The van der Waals surface area contributed by atoms with E-state index in [4.69, 9.17) is 16.3 Å². The third kappa shape index (κ3) is 4.59. The fourth-order valence-corrected chi connectivity index (χ4v) is 4.88. The minimum absolute atomic E-state index is 0.146. The maximum atomic E-state index is 13.3. The average Bonchev–Trinajstić information content (AvgIpc) is 2.77. The highest BCUT2D eigenvalue weighted by molar-refractivity contribution is 7.92. The molecule has 1 aliphatic rings. The zero-order valence-corrected chi connectivity index (χ0v) is 19.2. The highest BCUT2D eigenvalue weighted by atomic mass is 35.5. The number of benzene rings is 3. The third-order valence-electron chi connectivity index (χ3n) is 5.40. The Hall–Kier alpha value is -3.03. The van der Waals surface area contributed by atoms with Crippen molar-refractivity contribution in [3.8, 4) is 5.75 Å².